The molecule has 1 aromatic heterocycles. The number of nitrogens with one attached hydrogen (secondary N) is 1. The van der Waals surface area contributed by atoms with Crippen LogP contribution < -0.4 is 5.43 Å². The standard InChI is InChI=1S/C18H13F2NO3/c1-2-24-18(23)15-16(10-6-4-3-5-7-10)21-14-9-13(20)12(19)8-11(14)17(15)22/h3-9H,2H2,1H3,(H,21,22). The molecule has 4 nitrogen and oxygen atoms in total. The van der Waals surface area contributed by atoms with Gasteiger partial charge in [-0.3, -0.25) is 4.79 Å². The molecule has 1 heterocycles. The van der Waals surface area contributed by atoms with E-state index < -0.39 is 23.0 Å². The fourth-order valence-corrected chi connectivity index (χ4v) is 2.50. The summed E-state index contributed by atoms with van der Waals surface area (Å²) in [4.78, 5) is 27.8. The number of ether oxygens (including phenoxy) is 1. The SMILES string of the molecule is CCOC(=O)c1c(-c2ccccc2)[nH]c2cc(F)c(F)cc2c1=O. The Morgan fingerprint density at radius 2 is 1.79 bits per heavy atom. The Labute approximate surface area is 135 Å². The number of hydrogen-bond acceptors (Lipinski definition) is 3. The smallest absolute Gasteiger partial charge is 0.344 e. The van der Waals surface area contributed by atoms with Crippen LogP contribution in [0.2, 0.25) is 0 Å². The highest BCUT2D eigenvalue weighted by molar-refractivity contribution is 6.00. The number of benzene rings is 2. The van der Waals surface area contributed by atoms with Crippen LogP contribution in [0.5, 0.6) is 0 Å². The van der Waals surface area contributed by atoms with Crippen molar-refractivity contribution in [3.05, 3.63) is 69.9 Å². The molecule has 0 amide bonds. The predicted molar refractivity (Wildman–Crippen MR) is 85.9 cm³/mol. The minimum atomic E-state index is -1.16. The summed E-state index contributed by atoms with van der Waals surface area (Å²) >= 11 is 0. The van der Waals surface area contributed by atoms with Crippen LogP contribution in [0.15, 0.2) is 47.3 Å². The molecule has 0 saturated heterocycles. The molecule has 0 radical (unpaired) electrons. The van der Waals surface area contributed by atoms with E-state index in [0.717, 1.165) is 12.1 Å². The van der Waals surface area contributed by atoms with E-state index in [0.29, 0.717) is 5.56 Å². The van der Waals surface area contributed by atoms with Crippen molar-refractivity contribution < 1.29 is 18.3 Å². The molecule has 3 rings (SSSR count). The summed E-state index contributed by atoms with van der Waals surface area (Å²) in [6.45, 7) is 1.70. The molecule has 0 aliphatic carbocycles. The zero-order chi connectivity index (χ0) is 17.3. The van der Waals surface area contributed by atoms with Crippen molar-refractivity contribution in [2.75, 3.05) is 6.61 Å². The van der Waals surface area contributed by atoms with Crippen molar-refractivity contribution in [1.82, 2.24) is 4.98 Å². The lowest BCUT2D eigenvalue weighted by molar-refractivity contribution is 0.0525. The largest absolute Gasteiger partial charge is 0.462 e. The van der Waals surface area contributed by atoms with Crippen LogP contribution in [0.1, 0.15) is 17.3 Å². The maximum Gasteiger partial charge on any atom is 0.344 e. The van der Waals surface area contributed by atoms with Gasteiger partial charge in [0.1, 0.15) is 5.56 Å². The molecule has 0 aliphatic rings. The van der Waals surface area contributed by atoms with Crippen molar-refractivity contribution in [2.45, 2.75) is 6.92 Å². The Balaban J connectivity index is 2.40. The van der Waals surface area contributed by atoms with Crippen LogP contribution in [-0.4, -0.2) is 17.6 Å². The number of carbonyl (C=O) groups excluding carboxylic acids is 1. The molecule has 0 bridgehead atoms. The summed E-state index contributed by atoms with van der Waals surface area (Å²) < 4.78 is 31.9. The number of halogens is 2. The van der Waals surface area contributed by atoms with Crippen molar-refractivity contribution >= 4 is 16.9 Å². The molecule has 0 fully saturated rings. The highest BCUT2D eigenvalue weighted by Crippen LogP contribution is 2.24. The number of aromatic amines is 1. The number of hydrogen-bond donors (Lipinski definition) is 1. The minimum Gasteiger partial charge on any atom is -0.462 e. The zero-order valence-electron chi connectivity index (χ0n) is 12.7. The van der Waals surface area contributed by atoms with E-state index in [1.807, 2.05) is 0 Å². The predicted octanol–water partition coefficient (Wildman–Crippen LogP) is 3.65. The van der Waals surface area contributed by atoms with Gasteiger partial charge in [-0.25, -0.2) is 13.6 Å². The second-order valence-corrected chi connectivity index (χ2v) is 5.10. The van der Waals surface area contributed by atoms with Crippen LogP contribution in [0, 0.1) is 11.6 Å². The average Bonchev–Trinajstić information content (AvgIpc) is 2.57. The van der Waals surface area contributed by atoms with E-state index in [2.05, 4.69) is 4.98 Å². The van der Waals surface area contributed by atoms with Gasteiger partial charge in [0, 0.05) is 11.5 Å². The van der Waals surface area contributed by atoms with Crippen molar-refractivity contribution in [2.24, 2.45) is 0 Å². The maximum atomic E-state index is 13.5. The van der Waals surface area contributed by atoms with Gasteiger partial charge in [0.05, 0.1) is 17.8 Å². The second-order valence-electron chi connectivity index (χ2n) is 5.10. The van der Waals surface area contributed by atoms with Gasteiger partial charge in [-0.15, -0.1) is 0 Å². The van der Waals surface area contributed by atoms with Gasteiger partial charge in [0.15, 0.2) is 11.6 Å². The van der Waals surface area contributed by atoms with Crippen molar-refractivity contribution in [1.29, 1.82) is 0 Å². The van der Waals surface area contributed by atoms with Crippen LogP contribution in [0.25, 0.3) is 22.2 Å². The summed E-state index contributed by atoms with van der Waals surface area (Å²) in [5, 5.41) is -0.114. The first-order chi connectivity index (χ1) is 11.5. The monoisotopic (exact) mass is 329 g/mol. The third-order valence-electron chi connectivity index (χ3n) is 3.58. The summed E-state index contributed by atoms with van der Waals surface area (Å²) in [5.74, 6) is -3.06. The molecule has 1 N–H and O–H groups in total. The first-order valence-corrected chi connectivity index (χ1v) is 7.30. The number of H-pyrrole nitrogens is 1. The highest BCUT2D eigenvalue weighted by Gasteiger charge is 2.22. The van der Waals surface area contributed by atoms with Crippen molar-refractivity contribution in [3.8, 4) is 11.3 Å². The molecule has 3 aromatic rings. The molecule has 0 unspecified atom stereocenters. The summed E-state index contributed by atoms with van der Waals surface area (Å²) in [5.41, 5.74) is -0.0749. The molecular weight excluding hydrogens is 316 g/mol. The second kappa shape index (κ2) is 6.23. The molecular formula is C18H13F2NO3. The van der Waals surface area contributed by atoms with Crippen LogP contribution in [-0.2, 0) is 4.74 Å². The molecule has 6 heteroatoms. The Morgan fingerprint density at radius 3 is 2.46 bits per heavy atom. The third-order valence-corrected chi connectivity index (χ3v) is 3.58. The van der Waals surface area contributed by atoms with Crippen molar-refractivity contribution in [3.63, 3.8) is 0 Å². The minimum absolute atomic E-state index is 0.0856. The van der Waals surface area contributed by atoms with Crippen LogP contribution in [0.3, 0.4) is 0 Å². The third kappa shape index (κ3) is 2.67. The first-order valence-electron chi connectivity index (χ1n) is 7.30. The van der Waals surface area contributed by atoms with Gasteiger partial charge in [-0.2, -0.15) is 0 Å². The summed E-state index contributed by atoms with van der Waals surface area (Å²) in [6.07, 6.45) is 0. The van der Waals surface area contributed by atoms with E-state index >= 15 is 0 Å². The van der Waals surface area contributed by atoms with Crippen LogP contribution >= 0.6 is 0 Å². The Morgan fingerprint density at radius 1 is 1.12 bits per heavy atom. The lowest BCUT2D eigenvalue weighted by Gasteiger charge is -2.11. The fourth-order valence-electron chi connectivity index (χ4n) is 2.50. The van der Waals surface area contributed by atoms with Crippen LogP contribution in [0.4, 0.5) is 8.78 Å². The summed E-state index contributed by atoms with van der Waals surface area (Å²) in [7, 11) is 0. The van der Waals surface area contributed by atoms with E-state index in [4.69, 9.17) is 4.74 Å². The number of rotatable bonds is 3. The first kappa shape index (κ1) is 15.9. The van der Waals surface area contributed by atoms with Gasteiger partial charge in [0.2, 0.25) is 5.43 Å². The Bertz CT molecular complexity index is 981. The zero-order valence-corrected chi connectivity index (χ0v) is 12.7. The van der Waals surface area contributed by atoms with E-state index in [9.17, 15) is 18.4 Å². The average molecular weight is 329 g/mol. The number of carbonyl (C=O) groups is 1. The number of aromatic nitrogens is 1. The number of esters is 1. The molecule has 0 spiro atoms. The number of fused-ring (bicyclic) bond motifs is 1. The normalized spacial score (nSPS) is 10.8. The molecule has 0 atom stereocenters. The molecule has 122 valence electrons. The van der Waals surface area contributed by atoms with E-state index in [1.165, 1.54) is 0 Å². The highest BCUT2D eigenvalue weighted by atomic mass is 19.2. The van der Waals surface area contributed by atoms with Gasteiger partial charge in [0.25, 0.3) is 0 Å². The Hall–Kier alpha value is -3.02. The lowest BCUT2D eigenvalue weighted by atomic mass is 10.0. The topological polar surface area (TPSA) is 59.2 Å². The van der Waals surface area contributed by atoms with Gasteiger partial charge in [-0.05, 0) is 18.6 Å². The fraction of sp³-hybridized carbons (Fsp3) is 0.111. The van der Waals surface area contributed by atoms with E-state index in [1.54, 1.807) is 37.3 Å². The molecule has 2 aromatic carbocycles. The summed E-state index contributed by atoms with van der Waals surface area (Å²) in [6, 6.07) is 10.3. The van der Waals surface area contributed by atoms with Gasteiger partial charge in [-0.1, -0.05) is 30.3 Å². The lowest BCUT2D eigenvalue weighted by Crippen LogP contribution is -2.20. The quantitative estimate of drug-likeness (QED) is 0.746. The molecule has 0 aliphatic heterocycles. The number of pyridine rings is 1. The van der Waals surface area contributed by atoms with Gasteiger partial charge < -0.3 is 9.72 Å². The maximum absolute atomic E-state index is 13.5. The van der Waals surface area contributed by atoms with Gasteiger partial charge >= 0.3 is 5.97 Å². The van der Waals surface area contributed by atoms with E-state index in [-0.39, 0.29) is 28.8 Å². The molecule has 24 heavy (non-hydrogen) atoms. The Kier molecular flexibility index (Phi) is 4.12. The molecule has 0 saturated carbocycles.